The third-order valence-corrected chi connectivity index (χ3v) is 6.25. The molecule has 1 atom stereocenters. The minimum absolute atomic E-state index is 0.0399. The van der Waals surface area contributed by atoms with E-state index in [1.165, 1.54) is 37.1 Å². The first kappa shape index (κ1) is 22.3. The number of rotatable bonds is 8. The largest absolute Gasteiger partial charge is 0.324 e. The molecule has 166 valence electrons. The standard InChI is InChI=1S/C28H33N3O/c1-21-14-15-22(2)26(18-21)30-28(32)27(23-10-4-3-5-11-23)29-19-24-12-6-7-13-25(24)20-31-16-8-9-17-31/h3-7,10-15,18,27,29H,8-9,16-17,19-20H2,1-2H3,(H,30,32)/t27-/m1/s1. The van der Waals surface area contributed by atoms with Crippen LogP contribution in [0.2, 0.25) is 0 Å². The summed E-state index contributed by atoms with van der Waals surface area (Å²) in [4.78, 5) is 15.9. The maximum absolute atomic E-state index is 13.4. The fraction of sp³-hybridized carbons (Fsp3) is 0.321. The van der Waals surface area contributed by atoms with Crippen LogP contribution in [0.5, 0.6) is 0 Å². The Hall–Kier alpha value is -2.95. The van der Waals surface area contributed by atoms with Crippen LogP contribution in [0.3, 0.4) is 0 Å². The van der Waals surface area contributed by atoms with Gasteiger partial charge in [-0.25, -0.2) is 0 Å². The number of benzene rings is 3. The van der Waals surface area contributed by atoms with Crippen molar-refractivity contribution in [2.24, 2.45) is 0 Å². The number of anilines is 1. The molecule has 3 aromatic carbocycles. The molecule has 3 aromatic rings. The van der Waals surface area contributed by atoms with E-state index in [1.807, 2.05) is 56.3 Å². The third kappa shape index (κ3) is 5.64. The zero-order valence-corrected chi connectivity index (χ0v) is 19.1. The highest BCUT2D eigenvalue weighted by atomic mass is 16.2. The SMILES string of the molecule is Cc1ccc(C)c(NC(=O)[C@H](NCc2ccccc2CN2CCCC2)c2ccccc2)c1. The summed E-state index contributed by atoms with van der Waals surface area (Å²) in [6.45, 7) is 8.03. The molecular weight excluding hydrogens is 394 g/mol. The number of hydrogen-bond acceptors (Lipinski definition) is 3. The highest BCUT2D eigenvalue weighted by Crippen LogP contribution is 2.22. The number of hydrogen-bond donors (Lipinski definition) is 2. The van der Waals surface area contributed by atoms with Gasteiger partial charge in [-0.3, -0.25) is 15.0 Å². The van der Waals surface area contributed by atoms with Gasteiger partial charge in [-0.1, -0.05) is 66.7 Å². The fourth-order valence-electron chi connectivity index (χ4n) is 4.36. The zero-order valence-electron chi connectivity index (χ0n) is 19.1. The lowest BCUT2D eigenvalue weighted by Crippen LogP contribution is -2.33. The molecule has 0 unspecified atom stereocenters. The summed E-state index contributed by atoms with van der Waals surface area (Å²) in [6, 6.07) is 24.2. The number of carbonyl (C=O) groups excluding carboxylic acids is 1. The Labute approximate surface area is 191 Å². The number of likely N-dealkylation sites (tertiary alicyclic amines) is 1. The molecule has 2 N–H and O–H groups in total. The van der Waals surface area contributed by atoms with Crippen LogP contribution >= 0.6 is 0 Å². The number of amides is 1. The highest BCUT2D eigenvalue weighted by molar-refractivity contribution is 5.96. The van der Waals surface area contributed by atoms with Crippen LogP contribution in [-0.2, 0) is 17.9 Å². The van der Waals surface area contributed by atoms with Gasteiger partial charge in [0.25, 0.3) is 0 Å². The highest BCUT2D eigenvalue weighted by Gasteiger charge is 2.21. The molecule has 1 amide bonds. The Morgan fingerprint density at radius 2 is 1.59 bits per heavy atom. The van der Waals surface area contributed by atoms with Crippen molar-refractivity contribution in [3.8, 4) is 0 Å². The maximum atomic E-state index is 13.4. The van der Waals surface area contributed by atoms with Crippen LogP contribution in [0.25, 0.3) is 0 Å². The second kappa shape index (κ2) is 10.6. The molecule has 4 nitrogen and oxygen atoms in total. The Bertz CT molecular complexity index is 1040. The van der Waals surface area contributed by atoms with Crippen molar-refractivity contribution in [3.63, 3.8) is 0 Å². The van der Waals surface area contributed by atoms with E-state index in [4.69, 9.17) is 0 Å². The molecule has 0 saturated carbocycles. The van der Waals surface area contributed by atoms with Gasteiger partial charge >= 0.3 is 0 Å². The third-order valence-electron chi connectivity index (χ3n) is 6.25. The fourth-order valence-corrected chi connectivity index (χ4v) is 4.36. The first-order valence-corrected chi connectivity index (χ1v) is 11.6. The first-order valence-electron chi connectivity index (χ1n) is 11.6. The van der Waals surface area contributed by atoms with Gasteiger partial charge < -0.3 is 5.32 Å². The van der Waals surface area contributed by atoms with Crippen LogP contribution in [0.1, 0.15) is 46.7 Å². The molecule has 1 saturated heterocycles. The second-order valence-electron chi connectivity index (χ2n) is 8.78. The summed E-state index contributed by atoms with van der Waals surface area (Å²) in [5, 5.41) is 6.69. The van der Waals surface area contributed by atoms with Gasteiger partial charge in [0.2, 0.25) is 5.91 Å². The summed E-state index contributed by atoms with van der Waals surface area (Å²) < 4.78 is 0. The Morgan fingerprint density at radius 1 is 0.906 bits per heavy atom. The van der Waals surface area contributed by atoms with Gasteiger partial charge in [0.05, 0.1) is 0 Å². The molecule has 0 bridgehead atoms. The molecule has 1 heterocycles. The predicted octanol–water partition coefficient (Wildman–Crippen LogP) is 5.37. The second-order valence-corrected chi connectivity index (χ2v) is 8.78. The average molecular weight is 428 g/mol. The lowest BCUT2D eigenvalue weighted by molar-refractivity contribution is -0.118. The first-order chi connectivity index (χ1) is 15.6. The molecule has 0 radical (unpaired) electrons. The molecule has 0 aromatic heterocycles. The summed E-state index contributed by atoms with van der Waals surface area (Å²) in [5.74, 6) is -0.0399. The topological polar surface area (TPSA) is 44.4 Å². The summed E-state index contributed by atoms with van der Waals surface area (Å²) in [6.07, 6.45) is 2.57. The van der Waals surface area contributed by atoms with Gasteiger partial charge in [0.15, 0.2) is 0 Å². The van der Waals surface area contributed by atoms with E-state index in [2.05, 4.69) is 45.9 Å². The van der Waals surface area contributed by atoms with E-state index < -0.39 is 6.04 Å². The minimum atomic E-state index is -0.434. The van der Waals surface area contributed by atoms with Crippen LogP contribution in [0.4, 0.5) is 5.69 Å². The van der Waals surface area contributed by atoms with E-state index in [-0.39, 0.29) is 5.91 Å². The van der Waals surface area contributed by atoms with Crippen molar-refractivity contribution in [2.45, 2.75) is 45.8 Å². The van der Waals surface area contributed by atoms with Crippen LogP contribution in [0.15, 0.2) is 72.8 Å². The number of nitrogens with zero attached hydrogens (tertiary/aromatic N) is 1. The lowest BCUT2D eigenvalue weighted by atomic mass is 10.0. The smallest absolute Gasteiger partial charge is 0.246 e. The summed E-state index contributed by atoms with van der Waals surface area (Å²) >= 11 is 0. The molecule has 4 heteroatoms. The Morgan fingerprint density at radius 3 is 2.34 bits per heavy atom. The molecule has 4 rings (SSSR count). The molecular formula is C28H33N3O. The van der Waals surface area contributed by atoms with E-state index in [0.717, 1.165) is 28.9 Å². The Kier molecular flexibility index (Phi) is 7.35. The van der Waals surface area contributed by atoms with Gasteiger partial charge in [0, 0.05) is 18.8 Å². The van der Waals surface area contributed by atoms with Gasteiger partial charge in [-0.2, -0.15) is 0 Å². The van der Waals surface area contributed by atoms with Crippen molar-refractivity contribution in [1.29, 1.82) is 0 Å². The van der Waals surface area contributed by atoms with Crippen LogP contribution in [-0.4, -0.2) is 23.9 Å². The molecule has 1 aliphatic heterocycles. The number of nitrogens with one attached hydrogen (secondary N) is 2. The minimum Gasteiger partial charge on any atom is -0.324 e. The van der Waals surface area contributed by atoms with Gasteiger partial charge in [-0.05, 0) is 73.7 Å². The van der Waals surface area contributed by atoms with Crippen molar-refractivity contribution >= 4 is 11.6 Å². The molecule has 32 heavy (non-hydrogen) atoms. The quantitative estimate of drug-likeness (QED) is 0.508. The molecule has 1 aliphatic rings. The summed E-state index contributed by atoms with van der Waals surface area (Å²) in [5.41, 5.74) is 6.61. The van der Waals surface area contributed by atoms with Crippen molar-refractivity contribution in [3.05, 3.63) is 101 Å². The predicted molar refractivity (Wildman–Crippen MR) is 132 cm³/mol. The van der Waals surface area contributed by atoms with Crippen molar-refractivity contribution in [1.82, 2.24) is 10.2 Å². The lowest BCUT2D eigenvalue weighted by Gasteiger charge is -2.22. The number of carbonyl (C=O) groups is 1. The van der Waals surface area contributed by atoms with E-state index in [9.17, 15) is 4.79 Å². The Balaban J connectivity index is 1.52. The van der Waals surface area contributed by atoms with Gasteiger partial charge in [-0.15, -0.1) is 0 Å². The normalized spacial score (nSPS) is 14.9. The van der Waals surface area contributed by atoms with E-state index in [1.54, 1.807) is 0 Å². The van der Waals surface area contributed by atoms with Crippen molar-refractivity contribution in [2.75, 3.05) is 18.4 Å². The van der Waals surface area contributed by atoms with E-state index >= 15 is 0 Å². The number of aryl methyl sites for hydroxylation is 2. The average Bonchev–Trinajstić information content (AvgIpc) is 3.31. The van der Waals surface area contributed by atoms with Crippen LogP contribution in [0, 0.1) is 13.8 Å². The van der Waals surface area contributed by atoms with Crippen molar-refractivity contribution < 1.29 is 4.79 Å². The molecule has 0 aliphatic carbocycles. The van der Waals surface area contributed by atoms with Crippen LogP contribution < -0.4 is 10.6 Å². The van der Waals surface area contributed by atoms with E-state index in [0.29, 0.717) is 6.54 Å². The van der Waals surface area contributed by atoms with Gasteiger partial charge in [0.1, 0.15) is 6.04 Å². The zero-order chi connectivity index (χ0) is 22.3. The maximum Gasteiger partial charge on any atom is 0.246 e. The molecule has 0 spiro atoms. The summed E-state index contributed by atoms with van der Waals surface area (Å²) in [7, 11) is 0. The molecule has 1 fully saturated rings. The monoisotopic (exact) mass is 427 g/mol.